The molecule has 2 fully saturated rings. The Hall–Kier alpha value is -3.24. The number of H-pyrrole nitrogens is 1. The van der Waals surface area contributed by atoms with Crippen molar-refractivity contribution in [3.8, 4) is 0 Å². The van der Waals surface area contributed by atoms with Crippen LogP contribution >= 0.6 is 15.9 Å². The van der Waals surface area contributed by atoms with E-state index in [1.54, 1.807) is 6.20 Å². The highest BCUT2D eigenvalue weighted by Gasteiger charge is 2.41. The van der Waals surface area contributed by atoms with E-state index in [0.29, 0.717) is 32.7 Å². The number of rotatable bonds is 9. The molecule has 3 aromatic heterocycles. The van der Waals surface area contributed by atoms with Gasteiger partial charge in [0.05, 0.1) is 12.5 Å². The van der Waals surface area contributed by atoms with Crippen LogP contribution in [-0.4, -0.2) is 65.2 Å². The number of para-hydroxylation sites is 1. The minimum absolute atomic E-state index is 0.0604. The lowest BCUT2D eigenvalue weighted by atomic mass is 9.68. The lowest BCUT2D eigenvalue weighted by Gasteiger charge is -2.45. The van der Waals surface area contributed by atoms with E-state index in [4.69, 9.17) is 19.1 Å². The number of nitrogens with one attached hydrogen (secondary N) is 1. The fraction of sp³-hybridized carbons (Fsp3) is 0.515. The minimum Gasteiger partial charge on any atom is -0.450 e. The third-order valence-corrected chi connectivity index (χ3v) is 9.87. The molecule has 0 saturated carbocycles. The maximum Gasteiger partial charge on any atom is 0.251 e. The summed E-state index contributed by atoms with van der Waals surface area (Å²) in [4.78, 5) is 42.8. The van der Waals surface area contributed by atoms with Crippen LogP contribution in [0.5, 0.6) is 0 Å². The molecule has 3 atom stereocenters. The molecule has 9 nitrogen and oxygen atoms in total. The molecule has 5 heterocycles. The number of carbonyl (C=O) groups excluding carboxylic acids is 1. The van der Waals surface area contributed by atoms with Crippen molar-refractivity contribution in [1.82, 2.24) is 19.9 Å². The van der Waals surface area contributed by atoms with Crippen LogP contribution in [0.1, 0.15) is 57.8 Å². The molecule has 1 aromatic carbocycles. The molecular formula is C33H40BrN5O4. The lowest BCUT2D eigenvalue weighted by Crippen LogP contribution is -2.52. The number of hydrogen-bond acceptors (Lipinski definition) is 7. The van der Waals surface area contributed by atoms with Gasteiger partial charge in [0, 0.05) is 66.2 Å². The van der Waals surface area contributed by atoms with Gasteiger partial charge in [0.2, 0.25) is 5.91 Å². The molecule has 0 spiro atoms. The molecular weight excluding hydrogens is 610 g/mol. The van der Waals surface area contributed by atoms with Gasteiger partial charge in [-0.2, -0.15) is 0 Å². The number of anilines is 1. The van der Waals surface area contributed by atoms with Crippen molar-refractivity contribution < 1.29 is 13.9 Å². The summed E-state index contributed by atoms with van der Waals surface area (Å²) in [6.07, 6.45) is 6.18. The summed E-state index contributed by atoms with van der Waals surface area (Å²) >= 11 is 3.48. The fourth-order valence-electron chi connectivity index (χ4n) is 6.57. The molecule has 6 rings (SSSR count). The Morgan fingerprint density at radius 3 is 2.81 bits per heavy atom. The number of aryl methyl sites for hydroxylation is 1. The van der Waals surface area contributed by atoms with Crippen molar-refractivity contribution in [2.24, 2.45) is 11.8 Å². The SMILES string of the molecule is CC(COCCCc1nc(N2CCCC2)c2oc3ccccc3c2n1)C(=O)N1CCC(C)(c2cc(Br)c[nH]c2=O)C(C)C1. The molecule has 43 heavy (non-hydrogen) atoms. The van der Waals surface area contributed by atoms with E-state index in [1.807, 2.05) is 36.1 Å². The summed E-state index contributed by atoms with van der Waals surface area (Å²) in [5.41, 5.74) is 2.89. The maximum atomic E-state index is 13.3. The van der Waals surface area contributed by atoms with Crippen molar-refractivity contribution in [2.75, 3.05) is 44.3 Å². The van der Waals surface area contributed by atoms with Gasteiger partial charge in [-0.25, -0.2) is 9.97 Å². The van der Waals surface area contributed by atoms with Gasteiger partial charge in [-0.3, -0.25) is 9.59 Å². The quantitative estimate of drug-likeness (QED) is 0.227. The van der Waals surface area contributed by atoms with E-state index in [9.17, 15) is 9.59 Å². The molecule has 0 radical (unpaired) electrons. The summed E-state index contributed by atoms with van der Waals surface area (Å²) in [5, 5.41) is 1.01. The molecule has 228 valence electrons. The number of pyridine rings is 1. The van der Waals surface area contributed by atoms with Gasteiger partial charge in [0.25, 0.3) is 5.56 Å². The fourth-order valence-corrected chi connectivity index (χ4v) is 6.91. The second-order valence-corrected chi connectivity index (χ2v) is 13.3. The van der Waals surface area contributed by atoms with Gasteiger partial charge in [-0.15, -0.1) is 0 Å². The van der Waals surface area contributed by atoms with Crippen molar-refractivity contribution in [2.45, 2.75) is 58.3 Å². The Kier molecular flexibility index (Phi) is 8.60. The third-order valence-electron chi connectivity index (χ3n) is 9.41. The summed E-state index contributed by atoms with van der Waals surface area (Å²) in [5.74, 6) is 1.70. The van der Waals surface area contributed by atoms with Crippen LogP contribution in [0.2, 0.25) is 0 Å². The van der Waals surface area contributed by atoms with Crippen LogP contribution in [0.15, 0.2) is 50.2 Å². The largest absolute Gasteiger partial charge is 0.450 e. The zero-order valence-corrected chi connectivity index (χ0v) is 26.8. The van der Waals surface area contributed by atoms with E-state index in [0.717, 1.165) is 82.5 Å². The number of aromatic amines is 1. The van der Waals surface area contributed by atoms with Crippen LogP contribution in [0.3, 0.4) is 0 Å². The Morgan fingerprint density at radius 2 is 2.02 bits per heavy atom. The number of carbonyl (C=O) groups is 1. The first-order chi connectivity index (χ1) is 20.7. The minimum atomic E-state index is -0.295. The Bertz CT molecular complexity index is 1680. The number of halogens is 1. The highest BCUT2D eigenvalue weighted by atomic mass is 79.9. The van der Waals surface area contributed by atoms with Crippen LogP contribution < -0.4 is 10.5 Å². The summed E-state index contributed by atoms with van der Waals surface area (Å²) in [7, 11) is 0. The van der Waals surface area contributed by atoms with E-state index in [2.05, 4.69) is 45.7 Å². The molecule has 0 bridgehead atoms. The zero-order valence-electron chi connectivity index (χ0n) is 25.2. The van der Waals surface area contributed by atoms with Gasteiger partial charge in [0.15, 0.2) is 11.4 Å². The number of benzene rings is 1. The van der Waals surface area contributed by atoms with Crippen molar-refractivity contribution >= 4 is 49.7 Å². The molecule has 4 aromatic rings. The molecule has 2 saturated heterocycles. The molecule has 1 N–H and O–H groups in total. The lowest BCUT2D eigenvalue weighted by molar-refractivity contribution is -0.139. The number of nitrogens with zero attached hydrogens (tertiary/aromatic N) is 4. The first-order valence-electron chi connectivity index (χ1n) is 15.4. The molecule has 1 amide bonds. The number of furan rings is 1. The van der Waals surface area contributed by atoms with Crippen molar-refractivity contribution in [3.63, 3.8) is 0 Å². The second-order valence-electron chi connectivity index (χ2n) is 12.4. The predicted molar refractivity (Wildman–Crippen MR) is 172 cm³/mol. The average Bonchev–Trinajstić information content (AvgIpc) is 3.67. The van der Waals surface area contributed by atoms with Crippen LogP contribution in [0.4, 0.5) is 5.82 Å². The first kappa shape index (κ1) is 29.8. The standard InChI is InChI=1S/C33H40BrN5O4/c1-21(32(41)39-15-12-33(3,22(2)19-39)25-17-23(34)18-35-31(25)40)20-42-16-8-11-27-36-28-24-9-4-5-10-26(24)43-29(28)30(37-27)38-13-6-7-14-38/h4-5,9-10,17-18,21-22H,6-8,11-16,19-20H2,1-3H3,(H,35,40). The molecule has 0 aliphatic carbocycles. The Balaban J connectivity index is 1.03. The number of fused-ring (bicyclic) bond motifs is 3. The topological polar surface area (TPSA) is 105 Å². The predicted octanol–water partition coefficient (Wildman–Crippen LogP) is 5.84. The highest BCUT2D eigenvalue weighted by molar-refractivity contribution is 9.10. The van der Waals surface area contributed by atoms with Crippen LogP contribution in [-0.2, 0) is 21.4 Å². The monoisotopic (exact) mass is 649 g/mol. The van der Waals surface area contributed by atoms with E-state index in [1.165, 1.54) is 0 Å². The summed E-state index contributed by atoms with van der Waals surface area (Å²) in [6.45, 7) is 10.3. The van der Waals surface area contributed by atoms with Crippen molar-refractivity contribution in [1.29, 1.82) is 0 Å². The van der Waals surface area contributed by atoms with Crippen molar-refractivity contribution in [3.05, 3.63) is 62.7 Å². The molecule has 2 aliphatic rings. The maximum absolute atomic E-state index is 13.3. The number of aromatic nitrogens is 3. The van der Waals surface area contributed by atoms with E-state index < -0.39 is 0 Å². The first-order valence-corrected chi connectivity index (χ1v) is 16.2. The number of ether oxygens (including phenoxy) is 1. The highest BCUT2D eigenvalue weighted by Crippen LogP contribution is 2.39. The van der Waals surface area contributed by atoms with Gasteiger partial charge in [-0.1, -0.05) is 32.9 Å². The molecule has 2 aliphatic heterocycles. The summed E-state index contributed by atoms with van der Waals surface area (Å²) in [6, 6.07) is 9.94. The molecule has 10 heteroatoms. The third kappa shape index (κ3) is 5.96. The van der Waals surface area contributed by atoms with Crippen LogP contribution in [0, 0.1) is 11.8 Å². The average molecular weight is 651 g/mol. The second kappa shape index (κ2) is 12.4. The Labute approximate surface area is 260 Å². The zero-order chi connectivity index (χ0) is 30.1. The van der Waals surface area contributed by atoms with Gasteiger partial charge >= 0.3 is 0 Å². The number of likely N-dealkylation sites (tertiary alicyclic amines) is 1. The summed E-state index contributed by atoms with van der Waals surface area (Å²) < 4.78 is 13.0. The van der Waals surface area contributed by atoms with Gasteiger partial charge in [0.1, 0.15) is 16.9 Å². The van der Waals surface area contributed by atoms with E-state index in [-0.39, 0.29) is 28.7 Å². The normalized spacial score (nSPS) is 21.6. The Morgan fingerprint density at radius 1 is 1.23 bits per heavy atom. The van der Waals surface area contributed by atoms with E-state index >= 15 is 0 Å². The smallest absolute Gasteiger partial charge is 0.251 e. The van der Waals surface area contributed by atoms with Gasteiger partial charge < -0.3 is 23.9 Å². The van der Waals surface area contributed by atoms with Gasteiger partial charge in [-0.05, 0) is 65.7 Å². The number of amides is 1. The number of hydrogen-bond donors (Lipinski definition) is 1. The molecule has 3 unspecified atom stereocenters. The van der Waals surface area contributed by atoms with Crippen LogP contribution in [0.25, 0.3) is 22.1 Å². The number of piperidine rings is 1.